The molecule has 3 unspecified atom stereocenters. The van der Waals surface area contributed by atoms with Gasteiger partial charge in [-0.05, 0) is 64.7 Å². The summed E-state index contributed by atoms with van der Waals surface area (Å²) in [7, 11) is 2.16. The molecule has 3 rings (SSSR count). The second-order valence-electron chi connectivity index (χ2n) is 7.24. The number of hydrogen-bond donors (Lipinski definition) is 1. The fourth-order valence-electron chi connectivity index (χ4n) is 4.70. The fourth-order valence-corrected chi connectivity index (χ4v) is 4.70. The number of hydrogen-bond acceptors (Lipinski definition) is 3. The third kappa shape index (κ3) is 3.55. The molecule has 0 amide bonds. The number of rotatable bonds is 4. The van der Waals surface area contributed by atoms with E-state index in [0.29, 0.717) is 0 Å². The van der Waals surface area contributed by atoms with Crippen molar-refractivity contribution in [2.24, 2.45) is 5.92 Å². The first-order valence-electron chi connectivity index (χ1n) is 9.00. The van der Waals surface area contributed by atoms with E-state index in [4.69, 9.17) is 0 Å². The van der Waals surface area contributed by atoms with Crippen LogP contribution in [0.25, 0.3) is 0 Å². The third-order valence-corrected chi connectivity index (χ3v) is 5.93. The topological polar surface area (TPSA) is 18.5 Å². The van der Waals surface area contributed by atoms with E-state index in [-0.39, 0.29) is 0 Å². The molecule has 0 aromatic carbocycles. The van der Waals surface area contributed by atoms with Gasteiger partial charge in [-0.25, -0.2) is 0 Å². The molecular weight excluding hydrogens is 246 g/mol. The number of nitrogens with one attached hydrogen (secondary N) is 1. The molecule has 3 nitrogen and oxygen atoms in total. The maximum atomic E-state index is 3.57. The van der Waals surface area contributed by atoms with Crippen LogP contribution in [0.4, 0.5) is 0 Å². The summed E-state index contributed by atoms with van der Waals surface area (Å²) >= 11 is 0. The highest BCUT2D eigenvalue weighted by Crippen LogP contribution is 2.27. The van der Waals surface area contributed by atoms with E-state index in [1.807, 2.05) is 0 Å². The van der Waals surface area contributed by atoms with Crippen molar-refractivity contribution < 1.29 is 0 Å². The van der Waals surface area contributed by atoms with Gasteiger partial charge in [-0.2, -0.15) is 0 Å². The molecule has 2 aliphatic heterocycles. The molecule has 3 atom stereocenters. The number of likely N-dealkylation sites (tertiary alicyclic amines) is 2. The van der Waals surface area contributed by atoms with Crippen LogP contribution in [0.15, 0.2) is 0 Å². The molecule has 3 heteroatoms. The molecule has 20 heavy (non-hydrogen) atoms. The van der Waals surface area contributed by atoms with Gasteiger partial charge in [0.1, 0.15) is 0 Å². The van der Waals surface area contributed by atoms with Gasteiger partial charge in [-0.15, -0.1) is 0 Å². The highest BCUT2D eigenvalue weighted by molar-refractivity contribution is 4.88. The lowest BCUT2D eigenvalue weighted by molar-refractivity contribution is 0.149. The zero-order chi connectivity index (χ0) is 13.8. The predicted molar refractivity (Wildman–Crippen MR) is 85.1 cm³/mol. The van der Waals surface area contributed by atoms with Gasteiger partial charge >= 0.3 is 0 Å². The molecule has 2 heterocycles. The van der Waals surface area contributed by atoms with Crippen LogP contribution >= 0.6 is 0 Å². The Kier molecular flexibility index (Phi) is 5.36. The Labute approximate surface area is 125 Å². The van der Waals surface area contributed by atoms with E-state index in [1.54, 1.807) is 0 Å². The quantitative estimate of drug-likeness (QED) is 0.852. The lowest BCUT2D eigenvalue weighted by Gasteiger charge is -2.35. The summed E-state index contributed by atoms with van der Waals surface area (Å²) in [5, 5.41) is 3.57. The SMILES string of the molecule is CNC1CCCCC1CN1CCC(N2CCCCC2)C1. The second kappa shape index (κ2) is 7.24. The number of nitrogens with zero attached hydrogens (tertiary/aromatic N) is 2. The van der Waals surface area contributed by atoms with Crippen molar-refractivity contribution in [2.45, 2.75) is 63.5 Å². The van der Waals surface area contributed by atoms with Crippen LogP contribution in [0.3, 0.4) is 0 Å². The summed E-state index contributed by atoms with van der Waals surface area (Å²) in [4.78, 5) is 5.54. The Morgan fingerprint density at radius 1 is 0.900 bits per heavy atom. The lowest BCUT2D eigenvalue weighted by Crippen LogP contribution is -2.44. The van der Waals surface area contributed by atoms with Crippen LogP contribution in [0.2, 0.25) is 0 Å². The summed E-state index contributed by atoms with van der Waals surface area (Å²) in [6, 6.07) is 1.64. The molecule has 2 saturated heterocycles. The normalized spacial score (nSPS) is 37.4. The monoisotopic (exact) mass is 279 g/mol. The van der Waals surface area contributed by atoms with Crippen molar-refractivity contribution in [2.75, 3.05) is 39.8 Å². The molecular formula is C17H33N3. The van der Waals surface area contributed by atoms with Crippen LogP contribution < -0.4 is 5.32 Å². The lowest BCUT2D eigenvalue weighted by atomic mass is 9.84. The van der Waals surface area contributed by atoms with E-state index >= 15 is 0 Å². The molecule has 1 aliphatic carbocycles. The standard InChI is InChI=1S/C17H33N3/c1-18-17-8-4-3-7-15(17)13-19-12-9-16(14-19)20-10-5-2-6-11-20/h15-18H,2-14H2,1H3. The summed E-state index contributed by atoms with van der Waals surface area (Å²) in [6.07, 6.45) is 11.4. The summed E-state index contributed by atoms with van der Waals surface area (Å²) in [6.45, 7) is 6.75. The van der Waals surface area contributed by atoms with Gasteiger partial charge in [0.05, 0.1) is 0 Å². The largest absolute Gasteiger partial charge is 0.317 e. The zero-order valence-electron chi connectivity index (χ0n) is 13.3. The van der Waals surface area contributed by atoms with Crippen molar-refractivity contribution >= 4 is 0 Å². The van der Waals surface area contributed by atoms with Crippen LogP contribution in [-0.4, -0.2) is 61.7 Å². The van der Waals surface area contributed by atoms with Gasteiger partial charge < -0.3 is 10.2 Å². The Balaban J connectivity index is 1.47. The van der Waals surface area contributed by atoms with E-state index in [9.17, 15) is 0 Å². The van der Waals surface area contributed by atoms with Crippen molar-refractivity contribution in [1.82, 2.24) is 15.1 Å². The van der Waals surface area contributed by atoms with E-state index in [1.165, 1.54) is 84.1 Å². The Bertz CT molecular complexity index is 288. The molecule has 1 saturated carbocycles. The van der Waals surface area contributed by atoms with Gasteiger partial charge in [-0.1, -0.05) is 19.3 Å². The van der Waals surface area contributed by atoms with Crippen molar-refractivity contribution in [3.8, 4) is 0 Å². The molecule has 1 N–H and O–H groups in total. The third-order valence-electron chi connectivity index (χ3n) is 5.93. The zero-order valence-corrected chi connectivity index (χ0v) is 13.3. The average molecular weight is 279 g/mol. The molecule has 3 fully saturated rings. The van der Waals surface area contributed by atoms with Gasteiger partial charge in [-0.3, -0.25) is 4.90 Å². The summed E-state index contributed by atoms with van der Waals surface area (Å²) < 4.78 is 0. The van der Waals surface area contributed by atoms with Gasteiger partial charge in [0.25, 0.3) is 0 Å². The van der Waals surface area contributed by atoms with Gasteiger partial charge in [0, 0.05) is 25.2 Å². The minimum absolute atomic E-state index is 0.776. The first-order valence-corrected chi connectivity index (χ1v) is 9.00. The van der Waals surface area contributed by atoms with Crippen LogP contribution in [0.1, 0.15) is 51.4 Å². The summed E-state index contributed by atoms with van der Waals surface area (Å²) in [5.41, 5.74) is 0. The second-order valence-corrected chi connectivity index (χ2v) is 7.24. The number of piperidine rings is 1. The van der Waals surface area contributed by atoms with Crippen LogP contribution in [0, 0.1) is 5.92 Å². The van der Waals surface area contributed by atoms with Gasteiger partial charge in [0.15, 0.2) is 0 Å². The molecule has 3 aliphatic rings. The predicted octanol–water partition coefficient (Wildman–Crippen LogP) is 2.32. The van der Waals surface area contributed by atoms with Crippen LogP contribution in [-0.2, 0) is 0 Å². The molecule has 0 radical (unpaired) electrons. The minimum atomic E-state index is 0.776. The Hall–Kier alpha value is -0.120. The molecule has 0 spiro atoms. The minimum Gasteiger partial charge on any atom is -0.317 e. The summed E-state index contributed by atoms with van der Waals surface area (Å²) in [5.74, 6) is 0.897. The smallest absolute Gasteiger partial charge is 0.0235 e. The van der Waals surface area contributed by atoms with E-state index in [0.717, 1.165) is 18.0 Å². The molecule has 0 aromatic rings. The molecule has 0 aromatic heterocycles. The van der Waals surface area contributed by atoms with E-state index in [2.05, 4.69) is 22.2 Å². The maximum Gasteiger partial charge on any atom is 0.0235 e. The van der Waals surface area contributed by atoms with Crippen LogP contribution in [0.5, 0.6) is 0 Å². The molecule has 116 valence electrons. The Morgan fingerprint density at radius 2 is 1.70 bits per heavy atom. The average Bonchev–Trinajstić information content (AvgIpc) is 2.97. The van der Waals surface area contributed by atoms with E-state index < -0.39 is 0 Å². The highest BCUT2D eigenvalue weighted by Gasteiger charge is 2.32. The first-order chi connectivity index (χ1) is 9.86. The Morgan fingerprint density at radius 3 is 2.50 bits per heavy atom. The fraction of sp³-hybridized carbons (Fsp3) is 1.00. The highest BCUT2D eigenvalue weighted by atomic mass is 15.3. The van der Waals surface area contributed by atoms with Crippen molar-refractivity contribution in [1.29, 1.82) is 0 Å². The van der Waals surface area contributed by atoms with Crippen molar-refractivity contribution in [3.05, 3.63) is 0 Å². The van der Waals surface area contributed by atoms with Gasteiger partial charge in [0.2, 0.25) is 0 Å². The first kappa shape index (κ1) is 14.8. The molecule has 0 bridgehead atoms. The maximum absolute atomic E-state index is 3.57. The van der Waals surface area contributed by atoms with Crippen molar-refractivity contribution in [3.63, 3.8) is 0 Å².